The molecule has 4 heteroatoms. The lowest BCUT2D eigenvalue weighted by Crippen LogP contribution is -2.45. The monoisotopic (exact) mass is 393 g/mol. The SMILES string of the molecule is CC(C)CCCC(C)CCOc1ccc(CCC(N)(CO)CC(C)C)c(O)c1. The molecule has 0 aliphatic carbocycles. The van der Waals surface area contributed by atoms with Gasteiger partial charge in [0.2, 0.25) is 0 Å². The van der Waals surface area contributed by atoms with Gasteiger partial charge < -0.3 is 20.7 Å². The highest BCUT2D eigenvalue weighted by molar-refractivity contribution is 5.39. The zero-order valence-corrected chi connectivity index (χ0v) is 18.7. The Morgan fingerprint density at radius 3 is 2.32 bits per heavy atom. The predicted octanol–water partition coefficient (Wildman–Crippen LogP) is 5.29. The largest absolute Gasteiger partial charge is 0.508 e. The molecule has 0 aliphatic rings. The van der Waals surface area contributed by atoms with Gasteiger partial charge >= 0.3 is 0 Å². The van der Waals surface area contributed by atoms with Crippen LogP contribution in [0.4, 0.5) is 0 Å². The number of ether oxygens (including phenoxy) is 1. The Morgan fingerprint density at radius 1 is 1.04 bits per heavy atom. The molecule has 0 saturated carbocycles. The molecule has 0 saturated heterocycles. The fourth-order valence-electron chi connectivity index (χ4n) is 3.68. The third-order valence-corrected chi connectivity index (χ3v) is 5.44. The molecule has 0 fully saturated rings. The summed E-state index contributed by atoms with van der Waals surface area (Å²) in [5.41, 5.74) is 6.57. The molecule has 0 amide bonds. The standard InChI is InChI=1S/C24H43NO3/c1-18(2)7-6-8-20(5)12-14-28-22-10-9-21(23(27)15-22)11-13-24(25,17-26)16-19(3)4/h9-10,15,18-20,26-27H,6-8,11-14,16-17,25H2,1-5H3. The minimum Gasteiger partial charge on any atom is -0.508 e. The number of rotatable bonds is 14. The maximum Gasteiger partial charge on any atom is 0.122 e. The van der Waals surface area contributed by atoms with Crippen LogP contribution in [0.3, 0.4) is 0 Å². The summed E-state index contributed by atoms with van der Waals surface area (Å²) in [6.07, 6.45) is 6.89. The minimum atomic E-state index is -0.596. The van der Waals surface area contributed by atoms with Crippen molar-refractivity contribution in [1.82, 2.24) is 0 Å². The maximum atomic E-state index is 10.3. The second-order valence-electron chi connectivity index (χ2n) is 9.48. The molecular formula is C24H43NO3. The fourth-order valence-corrected chi connectivity index (χ4v) is 3.68. The Labute approximate surface area is 172 Å². The predicted molar refractivity (Wildman–Crippen MR) is 118 cm³/mol. The van der Waals surface area contributed by atoms with Gasteiger partial charge in [0.1, 0.15) is 11.5 Å². The average Bonchev–Trinajstić information content (AvgIpc) is 2.60. The number of hydrogen-bond donors (Lipinski definition) is 3. The summed E-state index contributed by atoms with van der Waals surface area (Å²) in [5, 5.41) is 20.0. The van der Waals surface area contributed by atoms with Crippen molar-refractivity contribution in [2.24, 2.45) is 23.5 Å². The number of aliphatic hydroxyl groups is 1. The molecule has 2 unspecified atom stereocenters. The lowest BCUT2D eigenvalue weighted by molar-refractivity contribution is 0.165. The van der Waals surface area contributed by atoms with Gasteiger partial charge in [-0.2, -0.15) is 0 Å². The van der Waals surface area contributed by atoms with Crippen LogP contribution in [0.2, 0.25) is 0 Å². The van der Waals surface area contributed by atoms with Crippen LogP contribution in [0.25, 0.3) is 0 Å². The number of phenolic OH excluding ortho intramolecular Hbond substituents is 1. The van der Waals surface area contributed by atoms with E-state index < -0.39 is 5.54 Å². The third-order valence-electron chi connectivity index (χ3n) is 5.44. The lowest BCUT2D eigenvalue weighted by Gasteiger charge is -2.29. The third kappa shape index (κ3) is 9.79. The van der Waals surface area contributed by atoms with Gasteiger partial charge in [0.25, 0.3) is 0 Å². The highest BCUT2D eigenvalue weighted by Crippen LogP contribution is 2.28. The molecule has 1 aromatic rings. The first-order valence-electron chi connectivity index (χ1n) is 11.0. The topological polar surface area (TPSA) is 75.7 Å². The van der Waals surface area contributed by atoms with E-state index in [0.29, 0.717) is 37.0 Å². The van der Waals surface area contributed by atoms with Crippen molar-refractivity contribution < 1.29 is 14.9 Å². The van der Waals surface area contributed by atoms with Crippen molar-refractivity contribution in [1.29, 1.82) is 0 Å². The summed E-state index contributed by atoms with van der Waals surface area (Å²) in [6, 6.07) is 5.51. The van der Waals surface area contributed by atoms with E-state index >= 15 is 0 Å². The van der Waals surface area contributed by atoms with Crippen LogP contribution in [0.15, 0.2) is 18.2 Å². The second kappa shape index (κ2) is 12.3. The Kier molecular flexibility index (Phi) is 10.9. The number of nitrogens with two attached hydrogens (primary N) is 1. The van der Waals surface area contributed by atoms with Gasteiger partial charge in [-0.05, 0) is 55.1 Å². The molecule has 4 N–H and O–H groups in total. The summed E-state index contributed by atoms with van der Waals surface area (Å²) in [5.74, 6) is 2.81. The molecule has 28 heavy (non-hydrogen) atoms. The van der Waals surface area contributed by atoms with Crippen molar-refractivity contribution in [3.05, 3.63) is 23.8 Å². The van der Waals surface area contributed by atoms with Gasteiger partial charge in [-0.25, -0.2) is 0 Å². The number of hydrogen-bond acceptors (Lipinski definition) is 4. The second-order valence-corrected chi connectivity index (χ2v) is 9.48. The summed E-state index contributed by atoms with van der Waals surface area (Å²) < 4.78 is 5.83. The smallest absolute Gasteiger partial charge is 0.122 e. The Morgan fingerprint density at radius 2 is 1.75 bits per heavy atom. The minimum absolute atomic E-state index is 0.0392. The fraction of sp³-hybridized carbons (Fsp3) is 0.750. The summed E-state index contributed by atoms with van der Waals surface area (Å²) in [6.45, 7) is 11.7. The van der Waals surface area contributed by atoms with Gasteiger partial charge in [-0.3, -0.25) is 0 Å². The van der Waals surface area contributed by atoms with Crippen molar-refractivity contribution in [2.75, 3.05) is 13.2 Å². The highest BCUT2D eigenvalue weighted by Gasteiger charge is 2.25. The van der Waals surface area contributed by atoms with Crippen LogP contribution in [-0.2, 0) is 6.42 Å². The zero-order chi connectivity index (χ0) is 21.2. The van der Waals surface area contributed by atoms with Crippen LogP contribution in [0.1, 0.15) is 78.7 Å². The summed E-state index contributed by atoms with van der Waals surface area (Å²) >= 11 is 0. The van der Waals surface area contributed by atoms with Crippen LogP contribution in [0.5, 0.6) is 11.5 Å². The van der Waals surface area contributed by atoms with Gasteiger partial charge in [0.15, 0.2) is 0 Å². The molecule has 1 rings (SSSR count). The number of benzene rings is 1. The molecule has 1 aromatic carbocycles. The molecule has 162 valence electrons. The number of phenols is 1. The molecule has 0 heterocycles. The quantitative estimate of drug-likeness (QED) is 0.401. The maximum absolute atomic E-state index is 10.3. The first-order valence-corrected chi connectivity index (χ1v) is 11.0. The van der Waals surface area contributed by atoms with E-state index in [2.05, 4.69) is 34.6 Å². The summed E-state index contributed by atoms with van der Waals surface area (Å²) in [4.78, 5) is 0. The first-order chi connectivity index (χ1) is 13.1. The van der Waals surface area contributed by atoms with E-state index in [4.69, 9.17) is 10.5 Å². The number of aryl methyl sites for hydroxylation is 1. The van der Waals surface area contributed by atoms with E-state index in [1.165, 1.54) is 19.3 Å². The molecule has 0 radical (unpaired) electrons. The van der Waals surface area contributed by atoms with Crippen molar-refractivity contribution >= 4 is 0 Å². The number of aromatic hydroxyl groups is 1. The molecule has 0 spiro atoms. The lowest BCUT2D eigenvalue weighted by atomic mass is 9.85. The van der Waals surface area contributed by atoms with Gasteiger partial charge in [0, 0.05) is 11.6 Å². The van der Waals surface area contributed by atoms with Gasteiger partial charge in [-0.1, -0.05) is 59.9 Å². The van der Waals surface area contributed by atoms with E-state index in [1.807, 2.05) is 12.1 Å². The van der Waals surface area contributed by atoms with E-state index in [-0.39, 0.29) is 12.4 Å². The van der Waals surface area contributed by atoms with Crippen molar-refractivity contribution in [2.45, 2.75) is 85.1 Å². The van der Waals surface area contributed by atoms with Crippen LogP contribution < -0.4 is 10.5 Å². The Balaban J connectivity index is 2.45. The van der Waals surface area contributed by atoms with Crippen LogP contribution in [-0.4, -0.2) is 29.0 Å². The molecule has 4 nitrogen and oxygen atoms in total. The van der Waals surface area contributed by atoms with E-state index in [9.17, 15) is 10.2 Å². The van der Waals surface area contributed by atoms with Crippen molar-refractivity contribution in [3.8, 4) is 11.5 Å². The van der Waals surface area contributed by atoms with Crippen LogP contribution in [0, 0.1) is 17.8 Å². The van der Waals surface area contributed by atoms with Gasteiger partial charge in [0.05, 0.1) is 13.2 Å². The normalized spacial score (nSPS) is 15.0. The highest BCUT2D eigenvalue weighted by atomic mass is 16.5. The Hall–Kier alpha value is -1.26. The van der Waals surface area contributed by atoms with Crippen LogP contribution >= 0.6 is 0 Å². The van der Waals surface area contributed by atoms with E-state index in [0.717, 1.165) is 24.3 Å². The number of aliphatic hydroxyl groups excluding tert-OH is 1. The van der Waals surface area contributed by atoms with Gasteiger partial charge in [-0.15, -0.1) is 0 Å². The molecular weight excluding hydrogens is 350 g/mol. The average molecular weight is 394 g/mol. The van der Waals surface area contributed by atoms with Crippen molar-refractivity contribution in [3.63, 3.8) is 0 Å². The Bertz CT molecular complexity index is 559. The summed E-state index contributed by atoms with van der Waals surface area (Å²) in [7, 11) is 0. The molecule has 0 aliphatic heterocycles. The molecule has 0 bridgehead atoms. The zero-order valence-electron chi connectivity index (χ0n) is 18.7. The first kappa shape index (κ1) is 24.8. The van der Waals surface area contributed by atoms with E-state index in [1.54, 1.807) is 6.07 Å². The molecule has 0 aromatic heterocycles. The molecule has 2 atom stereocenters.